The molecule has 0 aliphatic carbocycles. The van der Waals surface area contributed by atoms with Gasteiger partial charge in [-0.2, -0.15) is 0 Å². The molecule has 0 aliphatic rings. The molecule has 0 saturated carbocycles. The summed E-state index contributed by atoms with van der Waals surface area (Å²) in [5.41, 5.74) is 2.45. The minimum Gasteiger partial charge on any atom is -0.457 e. The van der Waals surface area contributed by atoms with E-state index in [1.54, 1.807) is 6.26 Å². The van der Waals surface area contributed by atoms with Gasteiger partial charge in [0.05, 0.1) is 9.83 Å². The van der Waals surface area contributed by atoms with E-state index in [2.05, 4.69) is 13.8 Å². The maximum atomic E-state index is 11.5. The van der Waals surface area contributed by atoms with Crippen LogP contribution in [0.4, 0.5) is 0 Å². The second kappa shape index (κ2) is 7.66. The van der Waals surface area contributed by atoms with Gasteiger partial charge in [-0.25, -0.2) is 4.21 Å². The summed E-state index contributed by atoms with van der Waals surface area (Å²) in [5, 5.41) is 0. The Morgan fingerprint density at radius 1 is 1.00 bits per heavy atom. The Bertz CT molecular complexity index is 624. The smallest absolute Gasteiger partial charge is 0.130 e. The fourth-order valence-electron chi connectivity index (χ4n) is 2.34. The van der Waals surface area contributed by atoms with E-state index in [1.165, 1.54) is 21.9 Å². The number of ether oxygens (including phenoxy) is 1. The van der Waals surface area contributed by atoms with Crippen LogP contribution in [0.25, 0.3) is 0 Å². The zero-order valence-corrected chi connectivity index (χ0v) is 14.2. The van der Waals surface area contributed by atoms with Gasteiger partial charge >= 0.3 is 0 Å². The van der Waals surface area contributed by atoms with Crippen molar-refractivity contribution in [2.45, 2.75) is 31.6 Å². The van der Waals surface area contributed by atoms with Gasteiger partial charge in [-0.3, -0.25) is 0 Å². The predicted molar refractivity (Wildman–Crippen MR) is 91.6 cm³/mol. The van der Waals surface area contributed by atoms with E-state index < -0.39 is 9.83 Å². The van der Waals surface area contributed by atoms with Gasteiger partial charge in [0.15, 0.2) is 0 Å². The van der Waals surface area contributed by atoms with Crippen molar-refractivity contribution in [2.75, 3.05) is 6.26 Å². The van der Waals surface area contributed by atoms with E-state index in [9.17, 15) is 4.21 Å². The molecule has 0 spiro atoms. The molecular weight excluding hydrogens is 300 g/mol. The zero-order chi connectivity index (χ0) is 15.2. The molecule has 0 amide bonds. The van der Waals surface area contributed by atoms with Crippen LogP contribution in [0.2, 0.25) is 0 Å². The van der Waals surface area contributed by atoms with Gasteiger partial charge in [0, 0.05) is 11.2 Å². The first-order chi connectivity index (χ1) is 10.2. The summed E-state index contributed by atoms with van der Waals surface area (Å²) < 4.78 is 17.5. The van der Waals surface area contributed by atoms with Crippen LogP contribution in [0.5, 0.6) is 11.5 Å². The van der Waals surface area contributed by atoms with Crippen molar-refractivity contribution >= 4 is 20.6 Å². The number of hydrogen-bond donors (Lipinski definition) is 0. The first-order valence-corrected chi connectivity index (χ1v) is 9.94. The predicted octanol–water partition coefficient (Wildman–Crippen LogP) is 4.99. The first-order valence-electron chi connectivity index (χ1n) is 7.05. The van der Waals surface area contributed by atoms with Crippen LogP contribution in [0.1, 0.15) is 25.0 Å². The van der Waals surface area contributed by atoms with Crippen molar-refractivity contribution in [3.63, 3.8) is 0 Å². The molecule has 0 N–H and O–H groups in total. The third-order valence-electron chi connectivity index (χ3n) is 3.23. The van der Waals surface area contributed by atoms with Crippen molar-refractivity contribution < 1.29 is 8.95 Å². The Hall–Kier alpha value is -1.26. The van der Waals surface area contributed by atoms with Crippen LogP contribution in [0.3, 0.4) is 0 Å². The van der Waals surface area contributed by atoms with Crippen molar-refractivity contribution in [1.29, 1.82) is 0 Å². The van der Waals surface area contributed by atoms with Gasteiger partial charge < -0.3 is 4.74 Å². The minimum atomic E-state index is -0.907. The fraction of sp³-hybridized carbons (Fsp3) is 0.294. The van der Waals surface area contributed by atoms with Crippen molar-refractivity contribution in [3.05, 3.63) is 53.6 Å². The molecule has 4 heteroatoms. The van der Waals surface area contributed by atoms with Crippen molar-refractivity contribution in [2.24, 2.45) is 0 Å². The first kappa shape index (κ1) is 16.1. The average molecular weight is 320 g/mol. The van der Waals surface area contributed by atoms with Gasteiger partial charge in [0.25, 0.3) is 0 Å². The van der Waals surface area contributed by atoms with Crippen LogP contribution < -0.4 is 4.74 Å². The standard InChI is InChI=1S/C17H20O2S2/c1-4-14-15(5-2)17(20-21(3)18)12-11-16(14)19-13-9-7-6-8-10-13/h6-12H,4-5H2,1-3H3. The maximum Gasteiger partial charge on any atom is 0.130 e. The van der Waals surface area contributed by atoms with Crippen LogP contribution in [-0.2, 0) is 22.7 Å². The monoisotopic (exact) mass is 320 g/mol. The van der Waals surface area contributed by atoms with Gasteiger partial charge in [0.1, 0.15) is 11.5 Å². The molecule has 2 aromatic carbocycles. The number of hydrogen-bond acceptors (Lipinski definition) is 3. The highest BCUT2D eigenvalue weighted by molar-refractivity contribution is 8.69. The Balaban J connectivity index is 2.40. The summed E-state index contributed by atoms with van der Waals surface area (Å²) in [7, 11) is 0.503. The number of rotatable bonds is 6. The summed E-state index contributed by atoms with van der Waals surface area (Å²) in [6.45, 7) is 4.26. The molecule has 0 saturated heterocycles. The molecule has 112 valence electrons. The molecule has 2 aromatic rings. The molecule has 0 heterocycles. The molecule has 0 fully saturated rings. The van der Waals surface area contributed by atoms with Crippen LogP contribution >= 0.6 is 10.8 Å². The molecule has 2 rings (SSSR count). The van der Waals surface area contributed by atoms with Gasteiger partial charge in [-0.1, -0.05) is 32.0 Å². The topological polar surface area (TPSA) is 26.3 Å². The Morgan fingerprint density at radius 3 is 2.24 bits per heavy atom. The lowest BCUT2D eigenvalue weighted by Gasteiger charge is -2.16. The van der Waals surface area contributed by atoms with Gasteiger partial charge in [-0.15, -0.1) is 0 Å². The second-order valence-corrected chi connectivity index (χ2v) is 7.94. The van der Waals surface area contributed by atoms with E-state index in [-0.39, 0.29) is 0 Å². The molecule has 21 heavy (non-hydrogen) atoms. The van der Waals surface area contributed by atoms with E-state index in [1.807, 2.05) is 42.5 Å². The Morgan fingerprint density at radius 2 is 1.67 bits per heavy atom. The quantitative estimate of drug-likeness (QED) is 0.701. The zero-order valence-electron chi connectivity index (χ0n) is 12.6. The third-order valence-corrected chi connectivity index (χ3v) is 5.27. The lowest BCUT2D eigenvalue weighted by molar-refractivity contribution is 0.475. The molecule has 1 unspecified atom stereocenters. The normalized spacial score (nSPS) is 12.1. The average Bonchev–Trinajstić information content (AvgIpc) is 2.48. The van der Waals surface area contributed by atoms with Crippen molar-refractivity contribution in [1.82, 2.24) is 0 Å². The summed E-state index contributed by atoms with van der Waals surface area (Å²) in [5.74, 6) is 1.74. The van der Waals surface area contributed by atoms with Crippen molar-refractivity contribution in [3.8, 4) is 11.5 Å². The highest BCUT2D eigenvalue weighted by Crippen LogP contribution is 2.35. The van der Waals surface area contributed by atoms with Gasteiger partial charge in [0.2, 0.25) is 0 Å². The van der Waals surface area contributed by atoms with Crippen LogP contribution in [0.15, 0.2) is 47.4 Å². The highest BCUT2D eigenvalue weighted by atomic mass is 33.1. The lowest BCUT2D eigenvalue weighted by Crippen LogP contribution is -1.99. The maximum absolute atomic E-state index is 11.5. The molecule has 0 aliphatic heterocycles. The molecule has 1 atom stereocenters. The number of para-hydroxylation sites is 1. The lowest BCUT2D eigenvalue weighted by atomic mass is 10.0. The molecule has 0 bridgehead atoms. The largest absolute Gasteiger partial charge is 0.457 e. The van der Waals surface area contributed by atoms with Crippen LogP contribution in [0, 0.1) is 0 Å². The molecule has 0 aromatic heterocycles. The molecule has 2 nitrogen and oxygen atoms in total. The van der Waals surface area contributed by atoms with E-state index in [4.69, 9.17) is 4.74 Å². The van der Waals surface area contributed by atoms with E-state index in [0.29, 0.717) is 0 Å². The molecule has 0 radical (unpaired) electrons. The van der Waals surface area contributed by atoms with Crippen LogP contribution in [-0.4, -0.2) is 10.5 Å². The summed E-state index contributed by atoms with van der Waals surface area (Å²) >= 11 is 0. The third kappa shape index (κ3) is 4.11. The Kier molecular flexibility index (Phi) is 5.88. The van der Waals surface area contributed by atoms with E-state index in [0.717, 1.165) is 29.2 Å². The highest BCUT2D eigenvalue weighted by Gasteiger charge is 2.14. The second-order valence-electron chi connectivity index (χ2n) is 4.63. The fourth-order valence-corrected chi connectivity index (χ4v) is 4.31. The summed E-state index contributed by atoms with van der Waals surface area (Å²) in [6, 6.07) is 13.8. The number of benzene rings is 2. The summed E-state index contributed by atoms with van der Waals surface area (Å²) in [6.07, 6.45) is 3.52. The van der Waals surface area contributed by atoms with E-state index >= 15 is 0 Å². The SMILES string of the molecule is CCc1c(Oc2ccccc2)ccc(SS(C)=O)c1CC. The minimum absolute atomic E-state index is 0.841. The Labute approximate surface area is 132 Å². The molecular formula is C17H20O2S2. The summed E-state index contributed by atoms with van der Waals surface area (Å²) in [4.78, 5) is 1.09. The van der Waals surface area contributed by atoms with Gasteiger partial charge in [-0.05, 0) is 59.0 Å².